The van der Waals surface area contributed by atoms with Crippen molar-refractivity contribution in [2.45, 2.75) is 33.1 Å². The molecule has 6 aromatic rings. The van der Waals surface area contributed by atoms with Gasteiger partial charge < -0.3 is 0 Å². The molecule has 32 heteroatoms. The summed E-state index contributed by atoms with van der Waals surface area (Å²) in [4.78, 5) is 0. The molecule has 20 heterocycles. The molecule has 0 saturated carbocycles. The molecule has 0 radical (unpaired) electrons. The number of aromatic nitrogens is 4. The van der Waals surface area contributed by atoms with Gasteiger partial charge in [0.05, 0.1) is 0 Å². The Morgan fingerprint density at radius 2 is 0.464 bits per heavy atom. The van der Waals surface area contributed by atoms with E-state index in [0.29, 0.717) is 0 Å². The maximum atomic E-state index is 9.87. The zero-order chi connectivity index (χ0) is 53.2. The van der Waals surface area contributed by atoms with E-state index in [9.17, 15) is 101 Å². The Kier molecular flexibility index (Phi) is 14.0. The van der Waals surface area contributed by atoms with E-state index in [1.165, 1.54) is 50.1 Å². The van der Waals surface area contributed by atoms with E-state index < -0.39 is 31.2 Å². The van der Waals surface area contributed by atoms with Gasteiger partial charge in [-0.25, -0.2) is 18.3 Å². The van der Waals surface area contributed by atoms with E-state index in [4.69, 9.17) is 0 Å². The monoisotopic (exact) mass is 1110 g/mol. The van der Waals surface area contributed by atoms with Gasteiger partial charge in [0.25, 0.3) is 0 Å². The standard InChI is InChI=1S/C37H34N4.4F6P/c1-29-24-32-6-7-37(29)28-41-22-14-36(15-23-41)34-10-18-39(19-11-34)26-31-4-2-30(3-5-31)25-38-16-8-33(9-17-38)35-12-20-40(27-32)21-13-35;4*1-7(2,3,4,5)6/h2-24H,25-28H2,1H3;;;;/q+4;4*-1. The van der Waals surface area contributed by atoms with Crippen LogP contribution in [0.25, 0.3) is 22.3 Å². The number of aryl methyl sites for hydroxylation is 1. The third-order valence-electron chi connectivity index (χ3n) is 8.11. The van der Waals surface area contributed by atoms with Crippen molar-refractivity contribution in [1.82, 2.24) is 0 Å². The van der Waals surface area contributed by atoms with Crippen LogP contribution in [0.1, 0.15) is 27.8 Å². The summed E-state index contributed by atoms with van der Waals surface area (Å²) in [7, 11) is -42.6. The molecule has 0 aliphatic carbocycles. The molecule has 16 aliphatic rings. The van der Waals surface area contributed by atoms with Crippen LogP contribution in [0, 0.1) is 6.92 Å². The van der Waals surface area contributed by atoms with Gasteiger partial charge in [-0.2, -0.15) is 0 Å². The van der Waals surface area contributed by atoms with Crippen molar-refractivity contribution in [3.05, 3.63) is 168 Å². The number of rotatable bonds is 0. The van der Waals surface area contributed by atoms with Crippen LogP contribution >= 0.6 is 31.2 Å². The number of hydrogen-bond acceptors (Lipinski definition) is 0. The Labute approximate surface area is 373 Å². The van der Waals surface area contributed by atoms with Gasteiger partial charge in [-0.1, -0.05) is 36.4 Å². The number of hydrogen-bond donors (Lipinski definition) is 0. The fraction of sp³-hybridized carbons (Fsp3) is 0.135. The Balaban J connectivity index is 0.000000367. The summed E-state index contributed by atoms with van der Waals surface area (Å²) in [5.41, 5.74) is 11.5. The topological polar surface area (TPSA) is 15.5 Å². The van der Waals surface area contributed by atoms with Crippen LogP contribution in [0.15, 0.2) is 141 Å². The van der Waals surface area contributed by atoms with E-state index in [2.05, 4.69) is 166 Å². The van der Waals surface area contributed by atoms with Crippen LogP contribution in [-0.4, -0.2) is 0 Å². The first-order valence-electron chi connectivity index (χ1n) is 18.3. The van der Waals surface area contributed by atoms with Gasteiger partial charge in [0.15, 0.2) is 75.8 Å². The van der Waals surface area contributed by atoms with Crippen LogP contribution in [0.2, 0.25) is 0 Å². The molecule has 69 heavy (non-hydrogen) atoms. The van der Waals surface area contributed by atoms with Crippen LogP contribution in [0.5, 0.6) is 0 Å². The van der Waals surface area contributed by atoms with E-state index in [1.54, 1.807) is 0 Å². The van der Waals surface area contributed by atoms with Gasteiger partial charge in [-0.15, -0.1) is 0 Å². The minimum absolute atomic E-state index is 0.854. The van der Waals surface area contributed by atoms with Crippen molar-refractivity contribution in [1.29, 1.82) is 0 Å². The van der Waals surface area contributed by atoms with Gasteiger partial charge in [0, 0.05) is 70.8 Å². The summed E-state index contributed by atoms with van der Waals surface area (Å²) < 4.78 is 246. The Morgan fingerprint density at radius 1 is 0.275 bits per heavy atom. The quantitative estimate of drug-likeness (QED) is 0.0817. The molecular formula is C37H34F24N4P4. The number of pyridine rings is 4. The first-order valence-corrected chi connectivity index (χ1v) is 26.5. The average Bonchev–Trinajstić information content (AvgIpc) is 3.10. The number of halogens is 24. The Morgan fingerprint density at radius 3 is 0.681 bits per heavy atom. The fourth-order valence-corrected chi connectivity index (χ4v) is 5.63. The van der Waals surface area contributed by atoms with E-state index in [-0.39, 0.29) is 0 Å². The number of benzene rings is 2. The zero-order valence-electron chi connectivity index (χ0n) is 34.3. The molecular weight excluding hydrogens is 1080 g/mol. The maximum absolute atomic E-state index is 10.7. The zero-order valence-corrected chi connectivity index (χ0v) is 37.8. The summed E-state index contributed by atoms with van der Waals surface area (Å²) in [6.07, 6.45) is 17.4. The van der Waals surface area contributed by atoms with Crippen LogP contribution in [0.4, 0.5) is 101 Å². The first-order chi connectivity index (χ1) is 29.9. The van der Waals surface area contributed by atoms with Crippen LogP contribution in [-0.2, 0) is 26.2 Å². The Bertz CT molecular complexity index is 2580. The molecule has 4 nitrogen and oxygen atoms in total. The van der Waals surface area contributed by atoms with Crippen molar-refractivity contribution < 1.29 is 119 Å². The summed E-state index contributed by atoms with van der Waals surface area (Å²) >= 11 is 0. The van der Waals surface area contributed by atoms with E-state index >= 15 is 0 Å². The van der Waals surface area contributed by atoms with Gasteiger partial charge in [0.1, 0.15) is 0 Å². The van der Waals surface area contributed by atoms with E-state index in [1.807, 2.05) is 0 Å². The second kappa shape index (κ2) is 16.6. The second-order valence-electron chi connectivity index (χ2n) is 14.9. The molecule has 0 N–H and O–H groups in total. The molecule has 390 valence electrons. The average molecular weight is 1110 g/mol. The second-order valence-corrected chi connectivity index (χ2v) is 22.6. The van der Waals surface area contributed by atoms with Crippen molar-refractivity contribution in [2.75, 3.05) is 0 Å². The summed E-state index contributed by atoms with van der Waals surface area (Å²) in [6.45, 7) is 5.64. The molecule has 0 unspecified atom stereocenters. The molecule has 0 saturated heterocycles. The molecule has 0 amide bonds. The van der Waals surface area contributed by atoms with Gasteiger partial charge >= 0.3 is 132 Å². The molecule has 0 spiro atoms. The van der Waals surface area contributed by atoms with E-state index in [0.717, 1.165) is 26.2 Å². The molecule has 12 bridgehead atoms. The third kappa shape index (κ3) is 34.9. The summed E-state index contributed by atoms with van der Waals surface area (Å²) in [5.74, 6) is 0. The van der Waals surface area contributed by atoms with Crippen LogP contribution in [0.3, 0.4) is 0 Å². The van der Waals surface area contributed by atoms with Crippen molar-refractivity contribution in [3.8, 4) is 22.3 Å². The SMILES string of the molecule is Cc1cc2ccc1C[n+]1ccc(cc1)-c1cc[n+](cc1)Cc1ccc(cc1)C[n+]1ccc(cc1)-c1cc[n+](cc1)C2.F[P-](F)(F)(F)(F)F.F[P-](F)(F)(F)(F)F.F[P-](F)(F)(F)(F)F.F[P-](F)(F)(F)(F)F. The van der Waals surface area contributed by atoms with Crippen molar-refractivity contribution in [3.63, 3.8) is 0 Å². The predicted octanol–water partition coefficient (Wildman–Crippen LogP) is 18.5. The molecule has 0 atom stereocenters. The first kappa shape index (κ1) is 58.4. The normalized spacial score (nSPS) is 16.9. The number of nitrogens with zero attached hydrogens (tertiary/aromatic N) is 4. The van der Waals surface area contributed by atoms with Crippen molar-refractivity contribution >= 4 is 31.2 Å². The molecule has 2 aromatic carbocycles. The van der Waals surface area contributed by atoms with Crippen LogP contribution < -0.4 is 18.3 Å². The molecule has 0 fully saturated rings. The molecule has 4 aromatic heterocycles. The Hall–Kier alpha value is -4.92. The third-order valence-corrected chi connectivity index (χ3v) is 8.11. The summed E-state index contributed by atoms with van der Waals surface area (Å²) in [6, 6.07) is 33.5. The minimum atomic E-state index is -10.7. The molecule has 22 rings (SSSR count). The summed E-state index contributed by atoms with van der Waals surface area (Å²) in [5, 5.41) is 0. The fourth-order valence-electron chi connectivity index (χ4n) is 5.63. The molecule has 16 aliphatic heterocycles. The van der Waals surface area contributed by atoms with Crippen molar-refractivity contribution in [2.24, 2.45) is 0 Å². The predicted molar refractivity (Wildman–Crippen MR) is 213 cm³/mol. The van der Waals surface area contributed by atoms with Gasteiger partial charge in [-0.3, -0.25) is 0 Å². The van der Waals surface area contributed by atoms with Gasteiger partial charge in [0.2, 0.25) is 0 Å². The van der Waals surface area contributed by atoms with Gasteiger partial charge in [-0.05, 0) is 40.8 Å².